The normalized spacial score (nSPS) is 10.9. The molecule has 1 aromatic carbocycles. The summed E-state index contributed by atoms with van der Waals surface area (Å²) in [7, 11) is 0. The van der Waals surface area contributed by atoms with Gasteiger partial charge >= 0.3 is 12.0 Å². The Labute approximate surface area is 121 Å². The van der Waals surface area contributed by atoms with Crippen molar-refractivity contribution in [1.29, 1.82) is 5.26 Å². The lowest BCUT2D eigenvalue weighted by Crippen LogP contribution is -2.44. The number of benzene rings is 1. The second-order valence-electron chi connectivity index (χ2n) is 4.09. The summed E-state index contributed by atoms with van der Waals surface area (Å²) >= 11 is 0. The number of urea groups is 1. The Bertz CT molecular complexity index is 575. The largest absolute Gasteiger partial charge is 0.449 e. The maximum atomic E-state index is 11.8. The molecule has 0 bridgehead atoms. The Balaban J connectivity index is 2.58. The highest BCUT2D eigenvalue weighted by Crippen LogP contribution is 2.06. The Morgan fingerprint density at radius 2 is 1.90 bits per heavy atom. The summed E-state index contributed by atoms with van der Waals surface area (Å²) in [5.74, 6) is -1.43. The first-order valence-electron chi connectivity index (χ1n) is 6.27. The monoisotopic (exact) mass is 289 g/mol. The molecule has 0 radical (unpaired) electrons. The number of nitrogens with one attached hydrogen (secondary N) is 2. The van der Waals surface area contributed by atoms with Crippen LogP contribution in [0.5, 0.6) is 0 Å². The second kappa shape index (κ2) is 7.65. The van der Waals surface area contributed by atoms with Gasteiger partial charge in [0.25, 0.3) is 5.91 Å². The lowest BCUT2D eigenvalue weighted by Gasteiger charge is -2.13. The number of imide groups is 1. The van der Waals surface area contributed by atoms with Gasteiger partial charge in [0.2, 0.25) is 0 Å². The first-order valence-corrected chi connectivity index (χ1v) is 6.27. The van der Waals surface area contributed by atoms with E-state index < -0.39 is 24.0 Å². The van der Waals surface area contributed by atoms with Gasteiger partial charge in [-0.05, 0) is 38.1 Å². The summed E-state index contributed by atoms with van der Waals surface area (Å²) < 4.78 is 4.94. The van der Waals surface area contributed by atoms with E-state index in [9.17, 15) is 14.4 Å². The molecule has 0 saturated heterocycles. The zero-order valence-corrected chi connectivity index (χ0v) is 11.7. The van der Waals surface area contributed by atoms with Crippen LogP contribution in [0.15, 0.2) is 24.3 Å². The number of nitrogens with zero attached hydrogens (tertiary/aromatic N) is 1. The fourth-order valence-electron chi connectivity index (χ4n) is 1.38. The Hall–Kier alpha value is -2.88. The molecule has 0 aliphatic heterocycles. The number of hydrogen-bond donors (Lipinski definition) is 2. The molecule has 0 aliphatic carbocycles. The fourth-order valence-corrected chi connectivity index (χ4v) is 1.38. The molecule has 110 valence electrons. The number of hydrogen-bond acceptors (Lipinski definition) is 5. The van der Waals surface area contributed by atoms with Crippen LogP contribution in [0.1, 0.15) is 29.8 Å². The first-order chi connectivity index (χ1) is 9.97. The summed E-state index contributed by atoms with van der Waals surface area (Å²) in [6.45, 7) is 3.44. The van der Waals surface area contributed by atoms with Crippen molar-refractivity contribution in [3.8, 4) is 6.07 Å². The molecular formula is C14H15N3O4. The molecule has 0 fully saturated rings. The summed E-state index contributed by atoms with van der Waals surface area (Å²) in [4.78, 5) is 34.6. The average molecular weight is 289 g/mol. The van der Waals surface area contributed by atoms with Crippen LogP contribution in [0.25, 0.3) is 0 Å². The topological polar surface area (TPSA) is 108 Å². The number of nitriles is 1. The molecule has 0 saturated carbocycles. The van der Waals surface area contributed by atoms with Crippen LogP contribution in [0, 0.1) is 11.3 Å². The van der Waals surface area contributed by atoms with E-state index in [1.807, 2.05) is 11.4 Å². The molecule has 0 aliphatic rings. The van der Waals surface area contributed by atoms with Gasteiger partial charge in [0.05, 0.1) is 17.2 Å². The number of esters is 1. The third-order valence-electron chi connectivity index (χ3n) is 2.48. The molecule has 1 rings (SSSR count). The van der Waals surface area contributed by atoms with E-state index in [0.717, 1.165) is 0 Å². The van der Waals surface area contributed by atoms with Gasteiger partial charge in [-0.15, -0.1) is 0 Å². The van der Waals surface area contributed by atoms with Crippen molar-refractivity contribution in [2.75, 3.05) is 6.54 Å². The predicted molar refractivity (Wildman–Crippen MR) is 73.2 cm³/mol. The van der Waals surface area contributed by atoms with Gasteiger partial charge in [0.15, 0.2) is 6.10 Å². The summed E-state index contributed by atoms with van der Waals surface area (Å²) in [5.41, 5.74) is 0.625. The second-order valence-corrected chi connectivity index (χ2v) is 4.09. The smallest absolute Gasteiger partial charge is 0.338 e. The molecule has 1 atom stereocenters. The van der Waals surface area contributed by atoms with Gasteiger partial charge in [-0.2, -0.15) is 5.26 Å². The summed E-state index contributed by atoms with van der Waals surface area (Å²) in [6.07, 6.45) is -1.12. The van der Waals surface area contributed by atoms with E-state index in [2.05, 4.69) is 5.32 Å². The molecule has 21 heavy (non-hydrogen) atoms. The number of carbonyl (C=O) groups excluding carboxylic acids is 3. The molecule has 1 aromatic rings. The van der Waals surface area contributed by atoms with Gasteiger partial charge in [-0.25, -0.2) is 9.59 Å². The van der Waals surface area contributed by atoms with Crippen LogP contribution < -0.4 is 10.6 Å². The van der Waals surface area contributed by atoms with Crippen LogP contribution in [-0.4, -0.2) is 30.6 Å². The fraction of sp³-hybridized carbons (Fsp3) is 0.286. The Morgan fingerprint density at radius 3 is 2.43 bits per heavy atom. The van der Waals surface area contributed by atoms with Crippen molar-refractivity contribution >= 4 is 17.9 Å². The van der Waals surface area contributed by atoms with Crippen LogP contribution in [0.3, 0.4) is 0 Å². The molecule has 7 nitrogen and oxygen atoms in total. The Morgan fingerprint density at radius 1 is 1.29 bits per heavy atom. The van der Waals surface area contributed by atoms with E-state index in [-0.39, 0.29) is 5.56 Å². The van der Waals surface area contributed by atoms with Crippen molar-refractivity contribution in [2.24, 2.45) is 0 Å². The van der Waals surface area contributed by atoms with Crippen LogP contribution in [0.2, 0.25) is 0 Å². The van der Waals surface area contributed by atoms with Gasteiger partial charge < -0.3 is 10.1 Å². The molecular weight excluding hydrogens is 274 g/mol. The van der Waals surface area contributed by atoms with E-state index in [1.54, 1.807) is 6.92 Å². The standard InChI is InChI=1S/C14H15N3O4/c1-3-16-14(20)17-12(18)9(2)21-13(19)11-6-4-10(8-15)5-7-11/h4-7,9H,3H2,1-2H3,(H2,16,17,18,20)/t9-/m0/s1. The minimum atomic E-state index is -1.12. The maximum absolute atomic E-state index is 11.8. The van der Waals surface area contributed by atoms with Crippen LogP contribution in [-0.2, 0) is 9.53 Å². The average Bonchev–Trinajstić information content (AvgIpc) is 2.47. The zero-order valence-electron chi connectivity index (χ0n) is 11.7. The minimum absolute atomic E-state index is 0.214. The maximum Gasteiger partial charge on any atom is 0.338 e. The predicted octanol–water partition coefficient (Wildman–Crippen LogP) is 0.949. The number of carbonyl (C=O) groups is 3. The van der Waals surface area contributed by atoms with Crippen molar-refractivity contribution in [3.05, 3.63) is 35.4 Å². The van der Waals surface area contributed by atoms with E-state index in [0.29, 0.717) is 12.1 Å². The van der Waals surface area contributed by atoms with Gasteiger partial charge in [0, 0.05) is 6.54 Å². The van der Waals surface area contributed by atoms with E-state index in [1.165, 1.54) is 31.2 Å². The van der Waals surface area contributed by atoms with Crippen molar-refractivity contribution in [1.82, 2.24) is 10.6 Å². The lowest BCUT2D eigenvalue weighted by atomic mass is 10.1. The van der Waals surface area contributed by atoms with Gasteiger partial charge in [-0.1, -0.05) is 0 Å². The van der Waals surface area contributed by atoms with Crippen molar-refractivity contribution in [2.45, 2.75) is 20.0 Å². The zero-order chi connectivity index (χ0) is 15.8. The van der Waals surface area contributed by atoms with Crippen LogP contribution in [0.4, 0.5) is 4.79 Å². The SMILES string of the molecule is CCNC(=O)NC(=O)[C@H](C)OC(=O)c1ccc(C#N)cc1. The Kier molecular flexibility index (Phi) is 5.89. The number of amides is 3. The highest BCUT2D eigenvalue weighted by molar-refractivity contribution is 5.98. The first kappa shape index (κ1) is 16.2. The minimum Gasteiger partial charge on any atom is -0.449 e. The summed E-state index contributed by atoms with van der Waals surface area (Å²) in [6, 6.07) is 7.06. The molecule has 0 heterocycles. The van der Waals surface area contributed by atoms with Gasteiger partial charge in [0.1, 0.15) is 0 Å². The molecule has 0 spiro atoms. The van der Waals surface area contributed by atoms with Gasteiger partial charge in [-0.3, -0.25) is 10.1 Å². The number of ether oxygens (including phenoxy) is 1. The number of rotatable bonds is 4. The van der Waals surface area contributed by atoms with E-state index >= 15 is 0 Å². The molecule has 0 unspecified atom stereocenters. The molecule has 7 heteroatoms. The highest BCUT2D eigenvalue weighted by atomic mass is 16.5. The van der Waals surface area contributed by atoms with E-state index in [4.69, 9.17) is 10.00 Å². The van der Waals surface area contributed by atoms with Crippen LogP contribution >= 0.6 is 0 Å². The third-order valence-corrected chi connectivity index (χ3v) is 2.48. The molecule has 2 N–H and O–H groups in total. The quantitative estimate of drug-likeness (QED) is 0.802. The molecule has 0 aromatic heterocycles. The lowest BCUT2D eigenvalue weighted by molar-refractivity contribution is -0.127. The van der Waals surface area contributed by atoms with Crippen molar-refractivity contribution in [3.63, 3.8) is 0 Å². The highest BCUT2D eigenvalue weighted by Gasteiger charge is 2.20. The third kappa shape index (κ3) is 4.95. The molecule has 3 amide bonds. The van der Waals surface area contributed by atoms with Crippen molar-refractivity contribution < 1.29 is 19.1 Å². The summed E-state index contributed by atoms with van der Waals surface area (Å²) in [5, 5.41) is 13.1.